The highest BCUT2D eigenvalue weighted by atomic mass is 79.9. The molecule has 2 N–H and O–H groups in total. The lowest BCUT2D eigenvalue weighted by Gasteiger charge is -2.20. The van der Waals surface area contributed by atoms with Gasteiger partial charge in [-0.1, -0.05) is 52.9 Å². The van der Waals surface area contributed by atoms with Crippen molar-refractivity contribution in [2.24, 2.45) is 10.9 Å². The van der Waals surface area contributed by atoms with Crippen molar-refractivity contribution in [3.63, 3.8) is 0 Å². The summed E-state index contributed by atoms with van der Waals surface area (Å²) in [6.07, 6.45) is -3.72. The number of nitrogens with zero attached hydrogens (tertiary/aromatic N) is 1. The molecule has 1 aliphatic heterocycles. The lowest BCUT2D eigenvalue weighted by atomic mass is 9.93. The average molecular weight is 594 g/mol. The van der Waals surface area contributed by atoms with E-state index in [9.17, 15) is 22.8 Å². The molecule has 38 heavy (non-hydrogen) atoms. The van der Waals surface area contributed by atoms with Crippen molar-refractivity contribution >= 4 is 45.4 Å². The van der Waals surface area contributed by atoms with Gasteiger partial charge in [-0.15, -0.1) is 0 Å². The number of carbonyl (C=O) groups is 2. The molecule has 2 aromatic carbocycles. The largest absolute Gasteiger partial charge is 0.444 e. The number of ether oxygens (including phenoxy) is 1. The molecule has 0 radical (unpaired) electrons. The molecule has 0 aromatic heterocycles. The maximum absolute atomic E-state index is 13.9. The third-order valence-electron chi connectivity index (χ3n) is 5.90. The highest BCUT2D eigenvalue weighted by molar-refractivity contribution is 9.10. The first-order valence-electron chi connectivity index (χ1n) is 12.2. The number of carbonyl (C=O) groups excluding carboxylic acids is 2. The number of amides is 2. The highest BCUT2D eigenvalue weighted by Crippen LogP contribution is 2.36. The van der Waals surface area contributed by atoms with E-state index in [1.54, 1.807) is 69.3 Å². The molecule has 0 saturated carbocycles. The van der Waals surface area contributed by atoms with Crippen molar-refractivity contribution in [3.05, 3.63) is 70.2 Å². The molecule has 2 atom stereocenters. The fraction of sp³-hybridized carbons (Fsp3) is 0.393. The number of hydrogen-bond donors (Lipinski definition) is 2. The number of alkyl halides is 3. The molecule has 0 saturated heterocycles. The van der Waals surface area contributed by atoms with Gasteiger partial charge in [0.15, 0.2) is 0 Å². The van der Waals surface area contributed by atoms with Gasteiger partial charge < -0.3 is 15.4 Å². The van der Waals surface area contributed by atoms with Gasteiger partial charge in [0, 0.05) is 29.0 Å². The third-order valence-corrected chi connectivity index (χ3v) is 6.39. The summed E-state index contributed by atoms with van der Waals surface area (Å²) in [5.41, 5.74) is 0.797. The van der Waals surface area contributed by atoms with E-state index in [0.29, 0.717) is 22.4 Å². The van der Waals surface area contributed by atoms with E-state index in [1.807, 2.05) is 0 Å². The van der Waals surface area contributed by atoms with Gasteiger partial charge in [0.1, 0.15) is 11.3 Å². The summed E-state index contributed by atoms with van der Waals surface area (Å²) >= 11 is 3.35. The summed E-state index contributed by atoms with van der Waals surface area (Å²) in [6, 6.07) is 11.3. The Morgan fingerprint density at radius 1 is 1.16 bits per heavy atom. The van der Waals surface area contributed by atoms with Gasteiger partial charge in [-0.25, -0.2) is 4.79 Å². The van der Waals surface area contributed by atoms with E-state index in [-0.39, 0.29) is 19.4 Å². The van der Waals surface area contributed by atoms with Crippen LogP contribution in [0.25, 0.3) is 6.08 Å². The van der Waals surface area contributed by atoms with E-state index in [4.69, 9.17) is 4.74 Å². The SMILES string of the molecule is C=Cc1cc(Br)ccc1NC(=O)C1CCC(c2cccc(CNC(=O)OC(C)(C)C)c2)N=C(C(F)(F)F)C1. The zero-order valence-corrected chi connectivity index (χ0v) is 23.1. The average Bonchev–Trinajstić information content (AvgIpc) is 3.07. The van der Waals surface area contributed by atoms with Crippen molar-refractivity contribution in [2.45, 2.75) is 64.4 Å². The van der Waals surface area contributed by atoms with Crippen LogP contribution in [-0.2, 0) is 16.1 Å². The Labute approximate surface area is 228 Å². The fourth-order valence-corrected chi connectivity index (χ4v) is 4.48. The molecule has 0 bridgehead atoms. The Morgan fingerprint density at radius 2 is 1.89 bits per heavy atom. The Hall–Kier alpha value is -3.14. The molecule has 2 unspecified atom stereocenters. The van der Waals surface area contributed by atoms with Crippen LogP contribution in [0.4, 0.5) is 23.7 Å². The summed E-state index contributed by atoms with van der Waals surface area (Å²) in [5, 5.41) is 5.41. The van der Waals surface area contributed by atoms with Crippen molar-refractivity contribution < 1.29 is 27.5 Å². The maximum atomic E-state index is 13.9. The predicted octanol–water partition coefficient (Wildman–Crippen LogP) is 7.60. The molecule has 0 fully saturated rings. The number of aliphatic imine (C=N–C) groups is 1. The van der Waals surface area contributed by atoms with Crippen LogP contribution in [0, 0.1) is 5.92 Å². The monoisotopic (exact) mass is 593 g/mol. The molecule has 0 spiro atoms. The zero-order valence-electron chi connectivity index (χ0n) is 21.5. The normalized spacial score (nSPS) is 18.1. The van der Waals surface area contributed by atoms with Crippen LogP contribution in [-0.4, -0.2) is 29.5 Å². The predicted molar refractivity (Wildman–Crippen MR) is 146 cm³/mol. The summed E-state index contributed by atoms with van der Waals surface area (Å²) < 4.78 is 47.8. The van der Waals surface area contributed by atoms with Crippen molar-refractivity contribution in [3.8, 4) is 0 Å². The second-order valence-corrected chi connectivity index (χ2v) is 11.0. The molecular weight excluding hydrogens is 563 g/mol. The quantitative estimate of drug-likeness (QED) is 0.362. The van der Waals surface area contributed by atoms with Crippen LogP contribution in [0.1, 0.15) is 62.8 Å². The summed E-state index contributed by atoms with van der Waals surface area (Å²) in [7, 11) is 0. The molecule has 2 amide bonds. The van der Waals surface area contributed by atoms with Gasteiger partial charge in [0.25, 0.3) is 0 Å². The number of alkyl carbamates (subject to hydrolysis) is 1. The molecule has 1 heterocycles. The minimum Gasteiger partial charge on any atom is -0.444 e. The number of nitrogens with one attached hydrogen (secondary N) is 2. The van der Waals surface area contributed by atoms with Crippen molar-refractivity contribution in [1.29, 1.82) is 0 Å². The minimum atomic E-state index is -4.67. The zero-order chi connectivity index (χ0) is 28.1. The lowest BCUT2D eigenvalue weighted by molar-refractivity contribution is -0.120. The van der Waals surface area contributed by atoms with Crippen molar-refractivity contribution in [2.75, 3.05) is 5.32 Å². The second kappa shape index (κ2) is 12.1. The van der Waals surface area contributed by atoms with E-state index in [2.05, 4.69) is 38.1 Å². The van der Waals surface area contributed by atoms with E-state index < -0.39 is 47.9 Å². The van der Waals surface area contributed by atoms with Crippen LogP contribution < -0.4 is 10.6 Å². The topological polar surface area (TPSA) is 79.8 Å². The molecule has 2 aromatic rings. The Kier molecular flexibility index (Phi) is 9.40. The van der Waals surface area contributed by atoms with Crippen LogP contribution in [0.3, 0.4) is 0 Å². The van der Waals surface area contributed by atoms with Crippen LogP contribution in [0.15, 0.2) is 58.5 Å². The summed E-state index contributed by atoms with van der Waals surface area (Å²) in [5.74, 6) is -1.40. The first-order valence-corrected chi connectivity index (χ1v) is 13.0. The Balaban J connectivity index is 1.77. The maximum Gasteiger partial charge on any atom is 0.429 e. The van der Waals surface area contributed by atoms with Crippen LogP contribution >= 0.6 is 15.9 Å². The van der Waals surface area contributed by atoms with Gasteiger partial charge in [-0.2, -0.15) is 13.2 Å². The molecule has 3 rings (SSSR count). The first kappa shape index (κ1) is 29.4. The van der Waals surface area contributed by atoms with Gasteiger partial charge in [0.2, 0.25) is 5.91 Å². The van der Waals surface area contributed by atoms with Gasteiger partial charge in [-0.05, 0) is 68.5 Å². The van der Waals surface area contributed by atoms with Crippen LogP contribution in [0.2, 0.25) is 0 Å². The number of benzene rings is 2. The molecule has 6 nitrogen and oxygen atoms in total. The molecular formula is C28H31BrF3N3O3. The fourth-order valence-electron chi connectivity index (χ4n) is 4.10. The van der Waals surface area contributed by atoms with Gasteiger partial charge >= 0.3 is 12.3 Å². The Bertz CT molecular complexity index is 1220. The van der Waals surface area contributed by atoms with E-state index in [0.717, 1.165) is 4.47 Å². The Morgan fingerprint density at radius 3 is 2.55 bits per heavy atom. The third kappa shape index (κ3) is 8.44. The van der Waals surface area contributed by atoms with E-state index in [1.165, 1.54) is 0 Å². The number of hydrogen-bond acceptors (Lipinski definition) is 4. The van der Waals surface area contributed by atoms with E-state index >= 15 is 0 Å². The highest BCUT2D eigenvalue weighted by Gasteiger charge is 2.40. The molecule has 204 valence electrons. The van der Waals surface area contributed by atoms with Crippen molar-refractivity contribution in [1.82, 2.24) is 5.32 Å². The molecule has 10 heteroatoms. The lowest BCUT2D eigenvalue weighted by Crippen LogP contribution is -2.32. The second-order valence-electron chi connectivity index (χ2n) is 10.1. The number of anilines is 1. The minimum absolute atomic E-state index is 0.148. The summed E-state index contributed by atoms with van der Waals surface area (Å²) in [6.45, 7) is 9.13. The van der Waals surface area contributed by atoms with Gasteiger partial charge in [0.05, 0.1) is 6.04 Å². The molecule has 0 aliphatic carbocycles. The van der Waals surface area contributed by atoms with Crippen LogP contribution in [0.5, 0.6) is 0 Å². The van der Waals surface area contributed by atoms with Gasteiger partial charge in [-0.3, -0.25) is 9.79 Å². The smallest absolute Gasteiger partial charge is 0.429 e. The first-order chi connectivity index (χ1) is 17.7. The number of rotatable bonds is 6. The molecule has 1 aliphatic rings. The summed E-state index contributed by atoms with van der Waals surface area (Å²) in [4.78, 5) is 29.1. The number of halogens is 4. The standard InChI is InChI=1S/C28H31BrF3N3O3/c1-5-18-14-21(29)10-12-22(18)35-25(36)20-9-11-23(34-24(15-20)28(30,31)32)19-8-6-7-17(13-19)16-33-26(37)38-27(2,3)4/h5-8,10,12-14,20,23H,1,9,11,15-16H2,2-4H3,(H,33,37)(H,35,36).